The van der Waals surface area contributed by atoms with Gasteiger partial charge in [-0.15, -0.1) is 0 Å². The number of aromatic amines is 1. The Hall–Kier alpha value is -2.03. The van der Waals surface area contributed by atoms with E-state index >= 15 is 0 Å². The zero-order valence-corrected chi connectivity index (χ0v) is 18.9. The summed E-state index contributed by atoms with van der Waals surface area (Å²) in [4.78, 5) is 44.5. The summed E-state index contributed by atoms with van der Waals surface area (Å²) in [5, 5.41) is 6.36. The molecule has 0 aliphatic carbocycles. The van der Waals surface area contributed by atoms with Crippen molar-refractivity contribution in [3.05, 3.63) is 44.2 Å². The number of anilines is 2. The fourth-order valence-electron chi connectivity index (χ4n) is 2.98. The Bertz CT molecular complexity index is 1030. The molecule has 1 atom stereocenters. The van der Waals surface area contributed by atoms with E-state index in [4.69, 9.17) is 23.2 Å². The fraction of sp³-hybridized carbons (Fsp3) is 0.400. The van der Waals surface area contributed by atoms with Crippen molar-refractivity contribution in [3.63, 3.8) is 0 Å². The summed E-state index contributed by atoms with van der Waals surface area (Å²) in [7, 11) is 0. The molecular weight excluding hydrogens is 447 g/mol. The van der Waals surface area contributed by atoms with Gasteiger partial charge in [0.2, 0.25) is 11.8 Å². The topological polar surface area (TPSA) is 104 Å². The second-order valence-corrected chi connectivity index (χ2v) is 9.34. The number of aromatic nitrogens is 2. The Morgan fingerprint density at radius 1 is 1.33 bits per heavy atom. The van der Waals surface area contributed by atoms with Crippen LogP contribution in [0.5, 0.6) is 0 Å². The van der Waals surface area contributed by atoms with Crippen molar-refractivity contribution >= 4 is 58.3 Å². The first kappa shape index (κ1) is 22.7. The van der Waals surface area contributed by atoms with Gasteiger partial charge in [-0.2, -0.15) is 0 Å². The molecule has 0 saturated heterocycles. The summed E-state index contributed by atoms with van der Waals surface area (Å²) in [5.74, 6) is 0.222. The van der Waals surface area contributed by atoms with E-state index in [0.29, 0.717) is 27.3 Å². The van der Waals surface area contributed by atoms with Gasteiger partial charge in [0.15, 0.2) is 5.16 Å². The lowest BCUT2D eigenvalue weighted by Gasteiger charge is -2.23. The molecule has 2 heterocycles. The van der Waals surface area contributed by atoms with Crippen LogP contribution in [0.15, 0.2) is 28.2 Å². The molecule has 30 heavy (non-hydrogen) atoms. The van der Waals surface area contributed by atoms with Crippen molar-refractivity contribution in [2.75, 3.05) is 16.4 Å². The molecule has 1 unspecified atom stereocenters. The summed E-state index contributed by atoms with van der Waals surface area (Å²) < 4.78 is 0. The van der Waals surface area contributed by atoms with Crippen LogP contribution in [0.25, 0.3) is 0 Å². The number of carbonyl (C=O) groups excluding carboxylic acids is 2. The first-order valence-electron chi connectivity index (χ1n) is 9.55. The van der Waals surface area contributed by atoms with Crippen LogP contribution in [0.2, 0.25) is 10.0 Å². The van der Waals surface area contributed by atoms with Crippen molar-refractivity contribution in [1.82, 2.24) is 9.97 Å². The van der Waals surface area contributed by atoms with Gasteiger partial charge in [-0.25, -0.2) is 4.98 Å². The standard InChI is InChI=1S/C20H22Cl2N4O3S/c1-10(2)6-7-30-20-25-17-12(19(29)26-20)8-11(18(28)24-17)9-15(27)23-14-5-3-4-13(21)16(14)22/h3-5,10-11H,6-9H2,1-2H3,(H,23,27)(H2,24,25,26,28,29). The number of amides is 2. The molecule has 3 rings (SSSR count). The van der Waals surface area contributed by atoms with Crippen LogP contribution in [-0.4, -0.2) is 27.5 Å². The van der Waals surface area contributed by atoms with Crippen molar-refractivity contribution < 1.29 is 9.59 Å². The highest BCUT2D eigenvalue weighted by Gasteiger charge is 2.31. The number of thioether (sulfide) groups is 1. The molecule has 1 aliphatic rings. The SMILES string of the molecule is CC(C)CCSc1nc2c(c(=O)[nH]1)CC(CC(=O)Nc1cccc(Cl)c1Cl)C(=O)N2. The fourth-order valence-corrected chi connectivity index (χ4v) is 4.43. The first-order valence-corrected chi connectivity index (χ1v) is 11.3. The van der Waals surface area contributed by atoms with E-state index < -0.39 is 11.8 Å². The van der Waals surface area contributed by atoms with Crippen molar-refractivity contribution in [3.8, 4) is 0 Å². The van der Waals surface area contributed by atoms with E-state index in [-0.39, 0.29) is 35.1 Å². The molecule has 2 amide bonds. The zero-order chi connectivity index (χ0) is 21.8. The molecule has 0 spiro atoms. The molecule has 1 aliphatic heterocycles. The largest absolute Gasteiger partial charge is 0.325 e. The smallest absolute Gasteiger partial charge is 0.256 e. The number of nitrogens with one attached hydrogen (secondary N) is 3. The summed E-state index contributed by atoms with van der Waals surface area (Å²) in [6.07, 6.45) is 1.03. The lowest BCUT2D eigenvalue weighted by molar-refractivity contribution is -0.125. The third kappa shape index (κ3) is 5.56. The number of fused-ring (bicyclic) bond motifs is 1. The molecule has 160 valence electrons. The minimum atomic E-state index is -0.683. The van der Waals surface area contributed by atoms with E-state index in [2.05, 4.69) is 34.4 Å². The van der Waals surface area contributed by atoms with Gasteiger partial charge in [0.25, 0.3) is 5.56 Å². The minimum Gasteiger partial charge on any atom is -0.325 e. The quantitative estimate of drug-likeness (QED) is 0.413. The number of hydrogen-bond acceptors (Lipinski definition) is 5. The highest BCUT2D eigenvalue weighted by Crippen LogP contribution is 2.30. The molecule has 1 aromatic heterocycles. The predicted octanol–water partition coefficient (Wildman–Crippen LogP) is 4.35. The monoisotopic (exact) mass is 468 g/mol. The Morgan fingerprint density at radius 3 is 2.83 bits per heavy atom. The summed E-state index contributed by atoms with van der Waals surface area (Å²) in [5.41, 5.74) is 0.449. The number of rotatable bonds is 7. The Morgan fingerprint density at radius 2 is 2.10 bits per heavy atom. The number of benzene rings is 1. The highest BCUT2D eigenvalue weighted by atomic mass is 35.5. The number of halogens is 2. The summed E-state index contributed by atoms with van der Waals surface area (Å²) >= 11 is 13.5. The van der Waals surface area contributed by atoms with Crippen LogP contribution in [-0.2, 0) is 16.0 Å². The van der Waals surface area contributed by atoms with E-state index in [1.54, 1.807) is 18.2 Å². The van der Waals surface area contributed by atoms with Crippen LogP contribution < -0.4 is 16.2 Å². The van der Waals surface area contributed by atoms with Crippen LogP contribution in [0.3, 0.4) is 0 Å². The molecule has 2 aromatic rings. The normalized spacial score (nSPS) is 15.6. The summed E-state index contributed by atoms with van der Waals surface area (Å²) in [6.45, 7) is 4.25. The van der Waals surface area contributed by atoms with E-state index in [0.717, 1.165) is 12.2 Å². The third-order valence-electron chi connectivity index (χ3n) is 4.65. The lowest BCUT2D eigenvalue weighted by atomic mass is 9.92. The second kappa shape index (κ2) is 9.85. The van der Waals surface area contributed by atoms with E-state index in [1.165, 1.54) is 11.8 Å². The third-order valence-corrected chi connectivity index (χ3v) is 6.37. The molecule has 7 nitrogen and oxygen atoms in total. The molecule has 3 N–H and O–H groups in total. The van der Waals surface area contributed by atoms with Gasteiger partial charge in [0.05, 0.1) is 27.2 Å². The van der Waals surface area contributed by atoms with Gasteiger partial charge < -0.3 is 15.6 Å². The predicted molar refractivity (Wildman–Crippen MR) is 121 cm³/mol. The van der Waals surface area contributed by atoms with Gasteiger partial charge in [0.1, 0.15) is 5.82 Å². The molecule has 0 fully saturated rings. The van der Waals surface area contributed by atoms with Gasteiger partial charge in [0, 0.05) is 12.2 Å². The van der Waals surface area contributed by atoms with Crippen LogP contribution in [0, 0.1) is 11.8 Å². The van der Waals surface area contributed by atoms with Crippen molar-refractivity contribution in [2.45, 2.75) is 38.3 Å². The van der Waals surface area contributed by atoms with Gasteiger partial charge in [-0.05, 0) is 30.9 Å². The number of nitrogens with zero attached hydrogens (tertiary/aromatic N) is 1. The molecule has 10 heteroatoms. The molecular formula is C20H22Cl2N4O3S. The van der Waals surface area contributed by atoms with Gasteiger partial charge in [-0.3, -0.25) is 14.4 Å². The number of H-pyrrole nitrogens is 1. The van der Waals surface area contributed by atoms with Crippen LogP contribution >= 0.6 is 35.0 Å². The zero-order valence-electron chi connectivity index (χ0n) is 16.6. The highest BCUT2D eigenvalue weighted by molar-refractivity contribution is 7.99. The lowest BCUT2D eigenvalue weighted by Crippen LogP contribution is -2.36. The van der Waals surface area contributed by atoms with E-state index in [1.807, 2.05) is 0 Å². The van der Waals surface area contributed by atoms with Gasteiger partial charge in [-0.1, -0.05) is 54.9 Å². The molecule has 0 bridgehead atoms. The summed E-state index contributed by atoms with van der Waals surface area (Å²) in [6, 6.07) is 4.89. The number of hydrogen-bond donors (Lipinski definition) is 3. The maximum Gasteiger partial charge on any atom is 0.256 e. The first-order chi connectivity index (χ1) is 14.2. The molecule has 1 aromatic carbocycles. The van der Waals surface area contributed by atoms with Crippen LogP contribution in [0.4, 0.5) is 11.5 Å². The average molecular weight is 469 g/mol. The average Bonchev–Trinajstić information content (AvgIpc) is 2.66. The molecule has 0 radical (unpaired) electrons. The Labute approximate surface area is 188 Å². The number of carbonyl (C=O) groups is 2. The van der Waals surface area contributed by atoms with Gasteiger partial charge >= 0.3 is 0 Å². The molecule has 0 saturated carbocycles. The van der Waals surface area contributed by atoms with E-state index in [9.17, 15) is 14.4 Å². The van der Waals surface area contributed by atoms with Crippen molar-refractivity contribution in [1.29, 1.82) is 0 Å². The van der Waals surface area contributed by atoms with Crippen molar-refractivity contribution in [2.24, 2.45) is 11.8 Å². The van der Waals surface area contributed by atoms with Crippen LogP contribution in [0.1, 0.15) is 32.3 Å². The Kier molecular flexibility index (Phi) is 7.44. The Balaban J connectivity index is 1.68. The maximum absolute atomic E-state index is 12.5. The maximum atomic E-state index is 12.5. The second-order valence-electron chi connectivity index (χ2n) is 7.47. The minimum absolute atomic E-state index is 0.0988.